The van der Waals surface area contributed by atoms with Crippen LogP contribution in [0.1, 0.15) is 23.6 Å². The Morgan fingerprint density at radius 1 is 1.14 bits per heavy atom. The van der Waals surface area contributed by atoms with Crippen LogP contribution in [-0.4, -0.2) is 41.7 Å². The third kappa shape index (κ3) is 3.24. The third-order valence-electron chi connectivity index (χ3n) is 5.73. The van der Waals surface area contributed by atoms with Crippen molar-refractivity contribution in [2.45, 2.75) is 25.4 Å². The molecular formula is C20H23N3O5. The Kier molecular flexibility index (Phi) is 4.80. The molecule has 1 fully saturated rings. The Bertz CT molecular complexity index is 971. The van der Waals surface area contributed by atoms with Crippen LogP contribution in [0, 0.1) is 16.0 Å². The van der Waals surface area contributed by atoms with Crippen molar-refractivity contribution in [3.05, 3.63) is 62.1 Å². The molecule has 4 rings (SSSR count). The van der Waals surface area contributed by atoms with Crippen LogP contribution in [0.5, 0.6) is 11.5 Å². The molecule has 0 saturated carbocycles. The van der Waals surface area contributed by atoms with Gasteiger partial charge in [0.15, 0.2) is 11.5 Å². The van der Waals surface area contributed by atoms with Crippen LogP contribution < -0.4 is 15.0 Å². The highest BCUT2D eigenvalue weighted by atomic mass is 16.6. The summed E-state index contributed by atoms with van der Waals surface area (Å²) >= 11 is 0. The molecule has 0 unspecified atom stereocenters. The van der Waals surface area contributed by atoms with Crippen molar-refractivity contribution in [1.82, 2.24) is 9.47 Å². The molecule has 2 bridgehead atoms. The molecule has 148 valence electrons. The molecule has 8 nitrogen and oxygen atoms in total. The molecule has 1 saturated heterocycles. The van der Waals surface area contributed by atoms with Crippen molar-refractivity contribution < 1.29 is 14.4 Å². The number of pyridine rings is 1. The van der Waals surface area contributed by atoms with E-state index in [9.17, 15) is 14.9 Å². The summed E-state index contributed by atoms with van der Waals surface area (Å²) in [5.41, 5.74) is 1.75. The normalized spacial score (nSPS) is 21.1. The van der Waals surface area contributed by atoms with Crippen molar-refractivity contribution >= 4 is 5.69 Å². The van der Waals surface area contributed by atoms with E-state index in [1.165, 1.54) is 20.3 Å². The number of hydrogen-bond donors (Lipinski definition) is 0. The number of hydrogen-bond acceptors (Lipinski definition) is 6. The third-order valence-corrected chi connectivity index (χ3v) is 5.73. The Morgan fingerprint density at radius 2 is 1.89 bits per heavy atom. The fourth-order valence-corrected chi connectivity index (χ4v) is 4.57. The molecule has 0 radical (unpaired) electrons. The van der Waals surface area contributed by atoms with Gasteiger partial charge in [-0.2, -0.15) is 0 Å². The van der Waals surface area contributed by atoms with E-state index < -0.39 is 0 Å². The lowest BCUT2D eigenvalue weighted by molar-refractivity contribution is -0.385. The smallest absolute Gasteiger partial charge is 0.277 e. The van der Waals surface area contributed by atoms with Crippen molar-refractivity contribution in [2.24, 2.45) is 5.92 Å². The predicted molar refractivity (Wildman–Crippen MR) is 103 cm³/mol. The van der Waals surface area contributed by atoms with Gasteiger partial charge in [0.05, 0.1) is 25.2 Å². The highest BCUT2D eigenvalue weighted by molar-refractivity contribution is 5.54. The number of nitrogens with zero attached hydrogens (tertiary/aromatic N) is 3. The van der Waals surface area contributed by atoms with E-state index >= 15 is 0 Å². The number of nitro groups is 1. The minimum absolute atomic E-state index is 0.0324. The molecule has 2 aliphatic heterocycles. The highest BCUT2D eigenvalue weighted by Gasteiger charge is 2.35. The molecule has 0 amide bonds. The Hall–Kier alpha value is -2.87. The Morgan fingerprint density at radius 3 is 2.61 bits per heavy atom. The SMILES string of the molecule is COc1cc(CN2C[C@H]3C[C@@H](C2)c2cccc(=O)n2C3)c([N+](=O)[O-])cc1OC. The van der Waals surface area contributed by atoms with Crippen LogP contribution in [0.15, 0.2) is 35.1 Å². The van der Waals surface area contributed by atoms with Crippen LogP contribution in [0.2, 0.25) is 0 Å². The first-order valence-corrected chi connectivity index (χ1v) is 9.31. The maximum absolute atomic E-state index is 12.2. The van der Waals surface area contributed by atoms with Crippen LogP contribution in [0.3, 0.4) is 0 Å². The number of benzene rings is 1. The molecule has 3 heterocycles. The van der Waals surface area contributed by atoms with Gasteiger partial charge in [-0.05, 0) is 24.5 Å². The van der Waals surface area contributed by atoms with E-state index in [0.717, 1.165) is 25.2 Å². The fraction of sp³-hybridized carbons (Fsp3) is 0.450. The number of fused-ring (bicyclic) bond motifs is 4. The number of ether oxygens (including phenoxy) is 2. The summed E-state index contributed by atoms with van der Waals surface area (Å²) in [6, 6.07) is 8.56. The van der Waals surface area contributed by atoms with E-state index in [1.54, 1.807) is 12.1 Å². The molecule has 2 aliphatic rings. The van der Waals surface area contributed by atoms with Gasteiger partial charge in [-0.15, -0.1) is 0 Å². The average Bonchev–Trinajstić information content (AvgIpc) is 2.68. The first-order chi connectivity index (χ1) is 13.5. The van der Waals surface area contributed by atoms with E-state index in [1.807, 2.05) is 16.7 Å². The van der Waals surface area contributed by atoms with Gasteiger partial charge >= 0.3 is 0 Å². The molecule has 1 aromatic carbocycles. The van der Waals surface area contributed by atoms with Crippen molar-refractivity contribution in [3.63, 3.8) is 0 Å². The first-order valence-electron chi connectivity index (χ1n) is 9.31. The van der Waals surface area contributed by atoms with Crippen LogP contribution >= 0.6 is 0 Å². The maximum atomic E-state index is 12.2. The molecule has 0 aliphatic carbocycles. The second-order valence-electron chi connectivity index (χ2n) is 7.49. The zero-order valence-corrected chi connectivity index (χ0v) is 16.0. The van der Waals surface area contributed by atoms with Gasteiger partial charge < -0.3 is 14.0 Å². The van der Waals surface area contributed by atoms with Gasteiger partial charge in [0, 0.05) is 49.4 Å². The lowest BCUT2D eigenvalue weighted by Gasteiger charge is -2.42. The quantitative estimate of drug-likeness (QED) is 0.580. The molecule has 2 atom stereocenters. The number of aromatic nitrogens is 1. The monoisotopic (exact) mass is 385 g/mol. The van der Waals surface area contributed by atoms with Gasteiger partial charge in [0.25, 0.3) is 11.2 Å². The van der Waals surface area contributed by atoms with E-state index in [-0.39, 0.29) is 22.1 Å². The molecule has 28 heavy (non-hydrogen) atoms. The second-order valence-corrected chi connectivity index (χ2v) is 7.49. The summed E-state index contributed by atoms with van der Waals surface area (Å²) in [5, 5.41) is 11.6. The fourth-order valence-electron chi connectivity index (χ4n) is 4.57. The highest BCUT2D eigenvalue weighted by Crippen LogP contribution is 2.38. The van der Waals surface area contributed by atoms with Crippen molar-refractivity contribution in [3.8, 4) is 11.5 Å². The van der Waals surface area contributed by atoms with Crippen LogP contribution in [0.25, 0.3) is 0 Å². The minimum Gasteiger partial charge on any atom is -0.493 e. The summed E-state index contributed by atoms with van der Waals surface area (Å²) in [6.45, 7) is 2.74. The summed E-state index contributed by atoms with van der Waals surface area (Å²) in [5.74, 6) is 1.46. The van der Waals surface area contributed by atoms with E-state index in [2.05, 4.69) is 4.90 Å². The molecule has 1 aromatic heterocycles. The second kappa shape index (κ2) is 7.27. The van der Waals surface area contributed by atoms with Gasteiger partial charge in [0.1, 0.15) is 0 Å². The average molecular weight is 385 g/mol. The van der Waals surface area contributed by atoms with Gasteiger partial charge in [-0.1, -0.05) is 6.07 Å². The zero-order valence-electron chi connectivity index (χ0n) is 16.0. The molecule has 0 N–H and O–H groups in total. The largest absolute Gasteiger partial charge is 0.493 e. The van der Waals surface area contributed by atoms with Crippen LogP contribution in [0.4, 0.5) is 5.69 Å². The number of piperidine rings is 1. The predicted octanol–water partition coefficient (Wildman–Crippen LogP) is 2.39. The molecule has 0 spiro atoms. The number of nitro benzene ring substituents is 1. The van der Waals surface area contributed by atoms with Gasteiger partial charge in [-0.3, -0.25) is 19.8 Å². The van der Waals surface area contributed by atoms with Crippen molar-refractivity contribution in [1.29, 1.82) is 0 Å². The molecular weight excluding hydrogens is 362 g/mol. The molecule has 2 aromatic rings. The number of likely N-dealkylation sites (tertiary alicyclic amines) is 1. The Balaban J connectivity index is 1.62. The van der Waals surface area contributed by atoms with E-state index in [4.69, 9.17) is 9.47 Å². The standard InChI is InChI=1S/C20H23N3O5/c1-27-18-7-15(17(23(25)26)8-19(18)28-2)12-21-9-13-6-14(11-21)16-4-3-5-20(24)22(16)10-13/h3-5,7-8,13-14H,6,9-12H2,1-2H3/t13-,14+/m1/s1. The molecule has 8 heteroatoms. The summed E-state index contributed by atoms with van der Waals surface area (Å²) in [6.07, 6.45) is 1.05. The summed E-state index contributed by atoms with van der Waals surface area (Å²) < 4.78 is 12.4. The van der Waals surface area contributed by atoms with Crippen molar-refractivity contribution in [2.75, 3.05) is 27.3 Å². The Labute approximate surface area is 162 Å². The van der Waals surface area contributed by atoms with Gasteiger partial charge in [-0.25, -0.2) is 0 Å². The maximum Gasteiger partial charge on any atom is 0.277 e. The van der Waals surface area contributed by atoms with Gasteiger partial charge in [0.2, 0.25) is 0 Å². The summed E-state index contributed by atoms with van der Waals surface area (Å²) in [4.78, 5) is 25.6. The lowest BCUT2D eigenvalue weighted by atomic mass is 9.83. The number of methoxy groups -OCH3 is 2. The topological polar surface area (TPSA) is 86.8 Å². The van der Waals surface area contributed by atoms with E-state index in [0.29, 0.717) is 36.1 Å². The van der Waals surface area contributed by atoms with Crippen LogP contribution in [-0.2, 0) is 13.1 Å². The lowest BCUT2D eigenvalue weighted by Crippen LogP contribution is -2.46. The summed E-state index contributed by atoms with van der Waals surface area (Å²) in [7, 11) is 2.99. The minimum atomic E-state index is -0.378. The first kappa shape index (κ1) is 18.5. The number of rotatable bonds is 5. The zero-order chi connectivity index (χ0) is 19.8.